The lowest BCUT2D eigenvalue weighted by molar-refractivity contribution is -0.149. The van der Waals surface area contributed by atoms with Crippen molar-refractivity contribution >= 4 is 35.3 Å². The van der Waals surface area contributed by atoms with Gasteiger partial charge in [-0.25, -0.2) is 4.79 Å². The van der Waals surface area contributed by atoms with Crippen molar-refractivity contribution in [3.8, 4) is 0 Å². The molecule has 0 N–H and O–H groups in total. The number of benzene rings is 1. The molecule has 0 atom stereocenters. The van der Waals surface area contributed by atoms with Gasteiger partial charge in [0.25, 0.3) is 5.91 Å². The van der Waals surface area contributed by atoms with Crippen LogP contribution in [0, 0.1) is 5.92 Å². The first-order valence-corrected chi connectivity index (χ1v) is 9.39. The molecular weight excluding hydrogens is 380 g/mol. The zero-order valence-electron chi connectivity index (χ0n) is 16.1. The zero-order chi connectivity index (χ0) is 21.0. The van der Waals surface area contributed by atoms with Crippen LogP contribution in [0.1, 0.15) is 36.0 Å². The molecule has 9 nitrogen and oxygen atoms in total. The maximum Gasteiger partial charge on any atom is 0.338 e. The van der Waals surface area contributed by atoms with Crippen molar-refractivity contribution in [2.75, 3.05) is 31.7 Å². The second-order valence-corrected chi connectivity index (χ2v) is 6.93. The smallest absolute Gasteiger partial charge is 0.338 e. The Morgan fingerprint density at radius 3 is 2.34 bits per heavy atom. The summed E-state index contributed by atoms with van der Waals surface area (Å²) in [5.41, 5.74) is 0.454. The minimum atomic E-state index is -0.719. The third-order valence-electron chi connectivity index (χ3n) is 5.10. The number of ether oxygens (including phenoxy) is 2. The van der Waals surface area contributed by atoms with Gasteiger partial charge in [-0.3, -0.25) is 24.1 Å². The number of amides is 3. The van der Waals surface area contributed by atoms with Crippen LogP contribution in [0.3, 0.4) is 0 Å². The summed E-state index contributed by atoms with van der Waals surface area (Å²) in [4.78, 5) is 62.4. The number of methoxy groups -OCH3 is 1. The molecule has 154 valence electrons. The summed E-state index contributed by atoms with van der Waals surface area (Å²) in [7, 11) is 1.34. The number of carbonyl (C=O) groups excluding carboxylic acids is 5. The molecule has 1 aromatic carbocycles. The molecule has 2 heterocycles. The molecular formula is C20H22N2O7. The van der Waals surface area contributed by atoms with Crippen molar-refractivity contribution in [3.05, 3.63) is 29.8 Å². The van der Waals surface area contributed by atoms with Gasteiger partial charge in [0.05, 0.1) is 24.3 Å². The lowest BCUT2D eigenvalue weighted by Gasteiger charge is -2.30. The predicted molar refractivity (Wildman–Crippen MR) is 99.8 cm³/mol. The third kappa shape index (κ3) is 4.61. The fourth-order valence-electron chi connectivity index (χ4n) is 3.47. The first-order chi connectivity index (χ1) is 13.9. The Hall–Kier alpha value is -3.23. The average Bonchev–Trinajstić information content (AvgIpc) is 3.09. The molecule has 0 aliphatic carbocycles. The second-order valence-electron chi connectivity index (χ2n) is 6.93. The van der Waals surface area contributed by atoms with Crippen LogP contribution < -0.4 is 4.90 Å². The highest BCUT2D eigenvalue weighted by atomic mass is 16.5. The number of esters is 2. The first-order valence-electron chi connectivity index (χ1n) is 9.39. The van der Waals surface area contributed by atoms with Gasteiger partial charge in [0.15, 0.2) is 6.61 Å². The summed E-state index contributed by atoms with van der Waals surface area (Å²) in [6.07, 6.45) is 1.31. The van der Waals surface area contributed by atoms with Crippen molar-refractivity contribution < 1.29 is 33.4 Å². The molecule has 1 aromatic rings. The van der Waals surface area contributed by atoms with Crippen LogP contribution in [0.4, 0.5) is 5.69 Å². The van der Waals surface area contributed by atoms with E-state index < -0.39 is 12.6 Å². The van der Waals surface area contributed by atoms with Crippen LogP contribution in [-0.2, 0) is 28.7 Å². The number of hydrogen-bond acceptors (Lipinski definition) is 7. The number of anilines is 1. The largest absolute Gasteiger partial charge is 0.469 e. The molecule has 3 amide bonds. The van der Waals surface area contributed by atoms with Crippen LogP contribution in [0.2, 0.25) is 0 Å². The summed E-state index contributed by atoms with van der Waals surface area (Å²) in [6, 6.07) is 6.00. The molecule has 2 saturated heterocycles. The fourth-order valence-corrected chi connectivity index (χ4v) is 3.47. The Morgan fingerprint density at radius 2 is 1.72 bits per heavy atom. The highest BCUT2D eigenvalue weighted by Crippen LogP contribution is 2.24. The van der Waals surface area contributed by atoms with Crippen molar-refractivity contribution in [1.82, 2.24) is 4.90 Å². The van der Waals surface area contributed by atoms with E-state index in [-0.39, 0.29) is 48.0 Å². The monoisotopic (exact) mass is 402 g/mol. The summed E-state index contributed by atoms with van der Waals surface area (Å²) in [5, 5.41) is 0. The van der Waals surface area contributed by atoms with Gasteiger partial charge >= 0.3 is 11.9 Å². The molecule has 0 bridgehead atoms. The normalized spacial score (nSPS) is 17.4. The third-order valence-corrected chi connectivity index (χ3v) is 5.10. The van der Waals surface area contributed by atoms with Gasteiger partial charge in [-0.15, -0.1) is 0 Å². The molecule has 0 radical (unpaired) electrons. The van der Waals surface area contributed by atoms with Crippen molar-refractivity contribution in [3.63, 3.8) is 0 Å². The average molecular weight is 402 g/mol. The summed E-state index contributed by atoms with van der Waals surface area (Å²) < 4.78 is 9.82. The maximum absolute atomic E-state index is 12.3. The topological polar surface area (TPSA) is 110 Å². The Labute approximate surface area is 167 Å². The molecule has 0 aromatic heterocycles. The van der Waals surface area contributed by atoms with Crippen LogP contribution in [-0.4, -0.2) is 61.4 Å². The quantitative estimate of drug-likeness (QED) is 0.532. The number of likely N-dealkylation sites (tertiary alicyclic amines) is 1. The Morgan fingerprint density at radius 1 is 1.07 bits per heavy atom. The SMILES string of the molecule is COC(=O)C1CCN(C(=O)COC(=O)c2cccc(N3C(=O)CCC3=O)c2)CC1. The molecule has 0 unspecified atom stereocenters. The van der Waals surface area contributed by atoms with E-state index in [4.69, 9.17) is 9.47 Å². The molecule has 9 heteroatoms. The number of imide groups is 1. The van der Waals surface area contributed by atoms with Gasteiger partial charge in [-0.2, -0.15) is 0 Å². The van der Waals surface area contributed by atoms with Crippen molar-refractivity contribution in [2.45, 2.75) is 25.7 Å². The van der Waals surface area contributed by atoms with E-state index >= 15 is 0 Å². The lowest BCUT2D eigenvalue weighted by Crippen LogP contribution is -2.42. The van der Waals surface area contributed by atoms with Gasteiger partial charge in [-0.1, -0.05) is 6.07 Å². The van der Waals surface area contributed by atoms with E-state index in [0.29, 0.717) is 31.6 Å². The Balaban J connectivity index is 1.54. The number of hydrogen-bond donors (Lipinski definition) is 0. The number of piperidine rings is 1. The molecule has 3 rings (SSSR count). The van der Waals surface area contributed by atoms with E-state index in [1.165, 1.54) is 19.2 Å². The highest BCUT2D eigenvalue weighted by Gasteiger charge is 2.31. The number of carbonyl (C=O) groups is 5. The number of nitrogens with zero attached hydrogens (tertiary/aromatic N) is 2. The van der Waals surface area contributed by atoms with Crippen molar-refractivity contribution in [1.29, 1.82) is 0 Å². The van der Waals surface area contributed by atoms with E-state index in [9.17, 15) is 24.0 Å². The van der Waals surface area contributed by atoms with Crippen LogP contribution in [0.15, 0.2) is 24.3 Å². The van der Waals surface area contributed by atoms with Gasteiger partial charge in [0, 0.05) is 25.9 Å². The summed E-state index contributed by atoms with van der Waals surface area (Å²) in [6.45, 7) is 0.364. The lowest BCUT2D eigenvalue weighted by atomic mass is 9.97. The van der Waals surface area contributed by atoms with E-state index in [2.05, 4.69) is 0 Å². The Kier molecular flexibility index (Phi) is 6.26. The maximum atomic E-state index is 12.3. The molecule has 29 heavy (non-hydrogen) atoms. The summed E-state index contributed by atoms with van der Waals surface area (Å²) in [5.74, 6) is -2.19. The Bertz CT molecular complexity index is 827. The van der Waals surface area contributed by atoms with Gasteiger partial charge in [0.2, 0.25) is 11.8 Å². The van der Waals surface area contributed by atoms with E-state index in [1.807, 2.05) is 0 Å². The number of rotatable bonds is 5. The molecule has 2 aliphatic heterocycles. The predicted octanol–water partition coefficient (Wildman–Crippen LogP) is 0.908. The standard InChI is InChI=1S/C20H22N2O7/c1-28-19(26)13-7-9-21(10-8-13)18(25)12-29-20(27)14-3-2-4-15(11-14)22-16(23)5-6-17(22)24/h2-4,11,13H,5-10,12H2,1H3. The second kappa shape index (κ2) is 8.85. The summed E-state index contributed by atoms with van der Waals surface area (Å²) >= 11 is 0. The minimum Gasteiger partial charge on any atom is -0.469 e. The van der Waals surface area contributed by atoms with Crippen LogP contribution >= 0.6 is 0 Å². The molecule has 2 fully saturated rings. The molecule has 2 aliphatic rings. The van der Waals surface area contributed by atoms with Gasteiger partial charge in [-0.05, 0) is 31.0 Å². The van der Waals surface area contributed by atoms with Crippen molar-refractivity contribution in [2.24, 2.45) is 5.92 Å². The highest BCUT2D eigenvalue weighted by molar-refractivity contribution is 6.20. The molecule has 0 saturated carbocycles. The zero-order valence-corrected chi connectivity index (χ0v) is 16.1. The molecule has 0 spiro atoms. The van der Waals surface area contributed by atoms with Crippen LogP contribution in [0.5, 0.6) is 0 Å². The van der Waals surface area contributed by atoms with E-state index in [1.54, 1.807) is 17.0 Å². The minimum absolute atomic E-state index is 0.146. The first kappa shape index (κ1) is 20.5. The van der Waals surface area contributed by atoms with Gasteiger partial charge < -0.3 is 14.4 Å². The van der Waals surface area contributed by atoms with Crippen LogP contribution in [0.25, 0.3) is 0 Å². The fraction of sp³-hybridized carbons (Fsp3) is 0.450. The van der Waals surface area contributed by atoms with Gasteiger partial charge in [0.1, 0.15) is 0 Å². The van der Waals surface area contributed by atoms with E-state index in [0.717, 1.165) is 4.90 Å².